The van der Waals surface area contributed by atoms with Crippen LogP contribution in [0.3, 0.4) is 0 Å². The second-order valence-electron chi connectivity index (χ2n) is 4.37. The van der Waals surface area contributed by atoms with Crippen molar-refractivity contribution < 1.29 is 19.6 Å². The molecular formula is C15H11N3O5. The van der Waals surface area contributed by atoms with Gasteiger partial charge in [0.2, 0.25) is 0 Å². The summed E-state index contributed by atoms with van der Waals surface area (Å²) in [4.78, 5) is 33.2. The molecule has 0 unspecified atom stereocenters. The minimum Gasteiger partial charge on any atom is -0.478 e. The number of carboxylic acid groups (broad SMARTS) is 1. The van der Waals surface area contributed by atoms with Crippen molar-refractivity contribution in [2.45, 2.75) is 0 Å². The first kappa shape index (κ1) is 15.8. The first-order chi connectivity index (χ1) is 11.0. The lowest BCUT2D eigenvalue weighted by molar-refractivity contribution is -0.385. The van der Waals surface area contributed by atoms with Crippen molar-refractivity contribution in [1.82, 2.24) is 5.43 Å². The Morgan fingerprint density at radius 1 is 1.09 bits per heavy atom. The Kier molecular flexibility index (Phi) is 4.78. The van der Waals surface area contributed by atoms with E-state index in [1.165, 1.54) is 36.4 Å². The lowest BCUT2D eigenvalue weighted by atomic mass is 10.1. The van der Waals surface area contributed by atoms with Gasteiger partial charge in [0.1, 0.15) is 5.56 Å². The molecule has 2 aromatic rings. The monoisotopic (exact) mass is 313 g/mol. The number of hydrogen-bond donors (Lipinski definition) is 2. The Balaban J connectivity index is 2.17. The fourth-order valence-corrected chi connectivity index (χ4v) is 1.85. The van der Waals surface area contributed by atoms with Gasteiger partial charge in [-0.05, 0) is 12.1 Å². The summed E-state index contributed by atoms with van der Waals surface area (Å²) >= 11 is 0. The quantitative estimate of drug-likeness (QED) is 0.497. The largest absolute Gasteiger partial charge is 0.478 e. The van der Waals surface area contributed by atoms with Crippen LogP contribution in [0.15, 0.2) is 53.6 Å². The summed E-state index contributed by atoms with van der Waals surface area (Å²) in [5, 5.41) is 23.5. The topological polar surface area (TPSA) is 122 Å². The summed E-state index contributed by atoms with van der Waals surface area (Å²) in [6.45, 7) is 0. The maximum Gasteiger partial charge on any atom is 0.336 e. The Morgan fingerprint density at radius 3 is 2.35 bits per heavy atom. The molecule has 0 bridgehead atoms. The van der Waals surface area contributed by atoms with E-state index in [9.17, 15) is 19.7 Å². The molecular weight excluding hydrogens is 302 g/mol. The van der Waals surface area contributed by atoms with E-state index in [2.05, 4.69) is 10.5 Å². The van der Waals surface area contributed by atoms with Crippen molar-refractivity contribution in [3.05, 3.63) is 75.3 Å². The number of nitrogens with one attached hydrogen (secondary N) is 1. The first-order valence-corrected chi connectivity index (χ1v) is 6.40. The van der Waals surface area contributed by atoms with Crippen LogP contribution < -0.4 is 5.43 Å². The number of amides is 1. The van der Waals surface area contributed by atoms with Gasteiger partial charge in [0.05, 0.1) is 16.7 Å². The number of para-hydroxylation sites is 1. The van der Waals surface area contributed by atoms with Crippen LogP contribution >= 0.6 is 0 Å². The maximum atomic E-state index is 11.9. The molecule has 2 aromatic carbocycles. The molecule has 2 N–H and O–H groups in total. The molecule has 0 aromatic heterocycles. The summed E-state index contributed by atoms with van der Waals surface area (Å²) in [6.07, 6.45) is 1.16. The van der Waals surface area contributed by atoms with Crippen LogP contribution in [0.2, 0.25) is 0 Å². The predicted octanol–water partition coefficient (Wildman–Crippen LogP) is 2.06. The minimum absolute atomic E-state index is 0.0243. The molecule has 8 nitrogen and oxygen atoms in total. The summed E-state index contributed by atoms with van der Waals surface area (Å²) in [5.41, 5.74) is 1.98. The van der Waals surface area contributed by atoms with Crippen LogP contribution in [0.4, 0.5) is 5.69 Å². The van der Waals surface area contributed by atoms with E-state index in [1.807, 2.05) is 0 Å². The van der Waals surface area contributed by atoms with E-state index >= 15 is 0 Å². The van der Waals surface area contributed by atoms with Crippen LogP contribution in [0.5, 0.6) is 0 Å². The van der Waals surface area contributed by atoms with E-state index < -0.39 is 16.8 Å². The Bertz CT molecular complexity index is 801. The van der Waals surface area contributed by atoms with E-state index in [1.54, 1.807) is 12.1 Å². The van der Waals surface area contributed by atoms with Crippen LogP contribution in [0.1, 0.15) is 26.3 Å². The van der Waals surface area contributed by atoms with E-state index in [-0.39, 0.29) is 16.8 Å². The second-order valence-corrected chi connectivity index (χ2v) is 4.37. The van der Waals surface area contributed by atoms with E-state index in [4.69, 9.17) is 5.11 Å². The van der Waals surface area contributed by atoms with E-state index in [0.717, 1.165) is 6.21 Å². The van der Waals surface area contributed by atoms with Gasteiger partial charge in [-0.1, -0.05) is 30.3 Å². The molecule has 0 saturated heterocycles. The summed E-state index contributed by atoms with van der Waals surface area (Å²) in [6, 6.07) is 11.5. The fourth-order valence-electron chi connectivity index (χ4n) is 1.85. The minimum atomic E-state index is -1.13. The van der Waals surface area contributed by atoms with Crippen molar-refractivity contribution in [2.24, 2.45) is 5.10 Å². The number of hydrazone groups is 1. The third kappa shape index (κ3) is 3.76. The molecule has 0 aliphatic rings. The molecule has 0 saturated carbocycles. The molecule has 0 aliphatic carbocycles. The normalized spacial score (nSPS) is 10.4. The molecule has 23 heavy (non-hydrogen) atoms. The zero-order chi connectivity index (χ0) is 16.8. The van der Waals surface area contributed by atoms with Gasteiger partial charge in [-0.25, -0.2) is 10.2 Å². The van der Waals surface area contributed by atoms with Crippen molar-refractivity contribution in [1.29, 1.82) is 0 Å². The van der Waals surface area contributed by atoms with Crippen LogP contribution in [-0.4, -0.2) is 28.1 Å². The standard InChI is InChI=1S/C15H11N3O5/c19-14(12-7-3-4-8-13(12)18(22)23)17-16-9-10-5-1-2-6-11(10)15(20)21/h1-9H,(H,17,19)(H,20,21). The number of nitrogens with zero attached hydrogens (tertiary/aromatic N) is 2. The van der Waals surface area contributed by atoms with Crippen molar-refractivity contribution in [2.75, 3.05) is 0 Å². The highest BCUT2D eigenvalue weighted by atomic mass is 16.6. The molecule has 1 amide bonds. The number of aromatic carboxylic acids is 1. The van der Waals surface area contributed by atoms with Gasteiger partial charge in [0.25, 0.3) is 11.6 Å². The zero-order valence-electron chi connectivity index (χ0n) is 11.7. The number of nitro benzene ring substituents is 1. The second kappa shape index (κ2) is 6.94. The molecule has 116 valence electrons. The Labute approximate surface area is 130 Å². The summed E-state index contributed by atoms with van der Waals surface area (Å²) in [5.74, 6) is -1.89. The molecule has 0 fully saturated rings. The maximum absolute atomic E-state index is 11.9. The van der Waals surface area contributed by atoms with Crippen molar-refractivity contribution >= 4 is 23.8 Å². The first-order valence-electron chi connectivity index (χ1n) is 6.40. The molecule has 2 rings (SSSR count). The van der Waals surface area contributed by atoms with Gasteiger partial charge in [-0.15, -0.1) is 0 Å². The molecule has 0 heterocycles. The smallest absolute Gasteiger partial charge is 0.336 e. The van der Waals surface area contributed by atoms with Crippen LogP contribution in [-0.2, 0) is 0 Å². The molecule has 0 spiro atoms. The average molecular weight is 313 g/mol. The number of benzene rings is 2. The van der Waals surface area contributed by atoms with Crippen molar-refractivity contribution in [3.63, 3.8) is 0 Å². The summed E-state index contributed by atoms with van der Waals surface area (Å²) in [7, 11) is 0. The molecule has 8 heteroatoms. The SMILES string of the molecule is O=C(O)c1ccccc1C=NNC(=O)c1ccccc1[N+](=O)[O-]. The van der Waals surface area contributed by atoms with Gasteiger partial charge in [-0.2, -0.15) is 5.10 Å². The van der Waals surface area contributed by atoms with Gasteiger partial charge >= 0.3 is 5.97 Å². The number of carbonyl (C=O) groups is 2. The third-order valence-corrected chi connectivity index (χ3v) is 2.91. The highest BCUT2D eigenvalue weighted by Crippen LogP contribution is 2.17. The number of carbonyl (C=O) groups excluding carboxylic acids is 1. The summed E-state index contributed by atoms with van der Waals surface area (Å²) < 4.78 is 0. The number of carboxylic acids is 1. The van der Waals surface area contributed by atoms with E-state index in [0.29, 0.717) is 5.56 Å². The van der Waals surface area contributed by atoms with Crippen LogP contribution in [0, 0.1) is 10.1 Å². The molecule has 0 aliphatic heterocycles. The highest BCUT2D eigenvalue weighted by molar-refractivity contribution is 6.00. The number of hydrogen-bond acceptors (Lipinski definition) is 5. The Morgan fingerprint density at radius 2 is 1.70 bits per heavy atom. The fraction of sp³-hybridized carbons (Fsp3) is 0. The zero-order valence-corrected chi connectivity index (χ0v) is 11.7. The van der Waals surface area contributed by atoms with Gasteiger partial charge in [0, 0.05) is 11.6 Å². The molecule has 0 atom stereocenters. The van der Waals surface area contributed by atoms with Crippen LogP contribution in [0.25, 0.3) is 0 Å². The van der Waals surface area contributed by atoms with Crippen molar-refractivity contribution in [3.8, 4) is 0 Å². The third-order valence-electron chi connectivity index (χ3n) is 2.91. The predicted molar refractivity (Wildman–Crippen MR) is 81.6 cm³/mol. The lowest BCUT2D eigenvalue weighted by Gasteiger charge is -2.02. The Hall–Kier alpha value is -3.55. The lowest BCUT2D eigenvalue weighted by Crippen LogP contribution is -2.19. The average Bonchev–Trinajstić information content (AvgIpc) is 2.55. The number of nitro groups is 1. The highest BCUT2D eigenvalue weighted by Gasteiger charge is 2.18. The number of rotatable bonds is 5. The van der Waals surface area contributed by atoms with Gasteiger partial charge in [-0.3, -0.25) is 14.9 Å². The molecule has 0 radical (unpaired) electrons. The van der Waals surface area contributed by atoms with Gasteiger partial charge < -0.3 is 5.11 Å². The van der Waals surface area contributed by atoms with Gasteiger partial charge in [0.15, 0.2) is 0 Å².